The molecule has 0 spiro atoms. The van der Waals surface area contributed by atoms with Gasteiger partial charge in [-0.1, -0.05) is 24.3 Å². The van der Waals surface area contributed by atoms with Gasteiger partial charge in [0.1, 0.15) is 0 Å². The van der Waals surface area contributed by atoms with Crippen LogP contribution in [0.3, 0.4) is 0 Å². The van der Waals surface area contributed by atoms with Gasteiger partial charge in [0.25, 0.3) is 0 Å². The number of hydrogen-bond acceptors (Lipinski definition) is 2. The molecule has 1 heterocycles. The van der Waals surface area contributed by atoms with Crippen LogP contribution in [0.25, 0.3) is 10.9 Å². The van der Waals surface area contributed by atoms with Crippen LogP contribution in [0.5, 0.6) is 0 Å². The Morgan fingerprint density at radius 1 is 1.25 bits per heavy atom. The summed E-state index contributed by atoms with van der Waals surface area (Å²) < 4.78 is 0. The van der Waals surface area contributed by atoms with E-state index in [1.807, 2.05) is 12.3 Å². The van der Waals surface area contributed by atoms with Crippen molar-refractivity contribution in [3.05, 3.63) is 42.1 Å². The monoisotopic (exact) mass is 234 g/mol. The van der Waals surface area contributed by atoms with Crippen LogP contribution in [-0.2, 0) is 6.54 Å². The first kappa shape index (κ1) is 11.4. The lowest BCUT2D eigenvalue weighted by Gasteiger charge is -2.15. The van der Waals surface area contributed by atoms with Crippen LogP contribution >= 0.6 is 11.6 Å². The second-order valence-corrected chi connectivity index (χ2v) is 4.30. The summed E-state index contributed by atoms with van der Waals surface area (Å²) in [7, 11) is 2.07. The van der Waals surface area contributed by atoms with Crippen LogP contribution in [0, 0.1) is 0 Å². The third-order valence-electron chi connectivity index (χ3n) is 2.62. The lowest BCUT2D eigenvalue weighted by atomic mass is 10.1. The Morgan fingerprint density at radius 2 is 2.06 bits per heavy atom. The summed E-state index contributed by atoms with van der Waals surface area (Å²) in [4.78, 5) is 6.64. The zero-order valence-corrected chi connectivity index (χ0v) is 10.1. The van der Waals surface area contributed by atoms with E-state index in [9.17, 15) is 0 Å². The number of nitrogens with zero attached hydrogens (tertiary/aromatic N) is 2. The van der Waals surface area contributed by atoms with Gasteiger partial charge in [0, 0.05) is 30.6 Å². The second-order valence-electron chi connectivity index (χ2n) is 3.92. The Bertz CT molecular complexity index is 465. The van der Waals surface area contributed by atoms with Crippen molar-refractivity contribution in [2.75, 3.05) is 19.5 Å². The van der Waals surface area contributed by atoms with Crippen LogP contribution in [0.4, 0.5) is 0 Å². The van der Waals surface area contributed by atoms with E-state index in [2.05, 4.69) is 41.2 Å². The number of aromatic nitrogens is 1. The number of para-hydroxylation sites is 1. The van der Waals surface area contributed by atoms with E-state index < -0.39 is 0 Å². The molecule has 2 nitrogen and oxygen atoms in total. The smallest absolute Gasteiger partial charge is 0.0746 e. The van der Waals surface area contributed by atoms with E-state index in [-0.39, 0.29) is 0 Å². The van der Waals surface area contributed by atoms with Gasteiger partial charge in [-0.2, -0.15) is 0 Å². The largest absolute Gasteiger partial charge is 0.301 e. The molecule has 0 aliphatic carbocycles. The van der Waals surface area contributed by atoms with Crippen LogP contribution in [0.1, 0.15) is 5.56 Å². The molecule has 0 amide bonds. The van der Waals surface area contributed by atoms with E-state index >= 15 is 0 Å². The quantitative estimate of drug-likeness (QED) is 0.757. The van der Waals surface area contributed by atoms with Gasteiger partial charge < -0.3 is 4.90 Å². The molecule has 0 fully saturated rings. The SMILES string of the molecule is CN(CCCl)Cc1cccc2cccnc12. The van der Waals surface area contributed by atoms with Crippen molar-refractivity contribution in [1.82, 2.24) is 9.88 Å². The lowest BCUT2D eigenvalue weighted by Crippen LogP contribution is -2.20. The predicted molar refractivity (Wildman–Crippen MR) is 68.8 cm³/mol. The Morgan fingerprint density at radius 3 is 2.88 bits per heavy atom. The van der Waals surface area contributed by atoms with E-state index in [4.69, 9.17) is 11.6 Å². The average Bonchev–Trinajstić information content (AvgIpc) is 2.30. The number of fused-ring (bicyclic) bond motifs is 1. The van der Waals surface area contributed by atoms with Gasteiger partial charge >= 0.3 is 0 Å². The Labute approximate surface area is 101 Å². The Hall–Kier alpha value is -1.12. The van der Waals surface area contributed by atoms with Crippen molar-refractivity contribution in [2.24, 2.45) is 0 Å². The van der Waals surface area contributed by atoms with Gasteiger partial charge in [-0.05, 0) is 18.7 Å². The standard InChI is InChI=1S/C13H15ClN2/c1-16(9-7-14)10-12-5-2-4-11-6-3-8-15-13(11)12/h2-6,8H,7,9-10H2,1H3. The van der Waals surface area contributed by atoms with Gasteiger partial charge in [-0.15, -0.1) is 11.6 Å². The third kappa shape index (κ3) is 2.52. The molecule has 2 aromatic rings. The number of rotatable bonds is 4. The molecule has 0 saturated heterocycles. The molecule has 0 saturated carbocycles. The second kappa shape index (κ2) is 5.28. The molecule has 0 aliphatic rings. The molecular formula is C13H15ClN2. The highest BCUT2D eigenvalue weighted by Gasteiger charge is 2.04. The summed E-state index contributed by atoms with van der Waals surface area (Å²) in [6.07, 6.45) is 1.84. The predicted octanol–water partition coefficient (Wildman–Crippen LogP) is 2.91. The highest BCUT2D eigenvalue weighted by molar-refractivity contribution is 6.18. The van der Waals surface area contributed by atoms with Crippen LogP contribution in [0.15, 0.2) is 36.5 Å². The zero-order valence-electron chi connectivity index (χ0n) is 9.36. The molecule has 1 aromatic carbocycles. The Balaban J connectivity index is 2.30. The highest BCUT2D eigenvalue weighted by atomic mass is 35.5. The maximum absolute atomic E-state index is 5.72. The topological polar surface area (TPSA) is 16.1 Å². The zero-order chi connectivity index (χ0) is 11.4. The minimum Gasteiger partial charge on any atom is -0.301 e. The number of pyridine rings is 1. The maximum atomic E-state index is 5.72. The first-order valence-corrected chi connectivity index (χ1v) is 5.92. The molecule has 0 atom stereocenters. The Kier molecular flexibility index (Phi) is 3.75. The molecule has 0 bridgehead atoms. The minimum atomic E-state index is 0.661. The molecule has 0 radical (unpaired) electrons. The molecule has 1 aromatic heterocycles. The fourth-order valence-electron chi connectivity index (χ4n) is 1.81. The summed E-state index contributed by atoms with van der Waals surface area (Å²) in [5.74, 6) is 0.661. The molecular weight excluding hydrogens is 220 g/mol. The van der Waals surface area contributed by atoms with Gasteiger partial charge in [0.15, 0.2) is 0 Å². The summed E-state index contributed by atoms with van der Waals surface area (Å²) in [5, 5.41) is 1.19. The normalized spacial score (nSPS) is 11.2. The van der Waals surface area contributed by atoms with E-state index in [0.29, 0.717) is 5.88 Å². The van der Waals surface area contributed by atoms with Gasteiger partial charge in [0.2, 0.25) is 0 Å². The summed E-state index contributed by atoms with van der Waals surface area (Å²) >= 11 is 5.72. The third-order valence-corrected chi connectivity index (χ3v) is 2.79. The van der Waals surface area contributed by atoms with Crippen LogP contribution < -0.4 is 0 Å². The molecule has 0 N–H and O–H groups in total. The molecule has 3 heteroatoms. The van der Waals surface area contributed by atoms with Crippen molar-refractivity contribution in [2.45, 2.75) is 6.54 Å². The lowest BCUT2D eigenvalue weighted by molar-refractivity contribution is 0.349. The highest BCUT2D eigenvalue weighted by Crippen LogP contribution is 2.17. The molecule has 16 heavy (non-hydrogen) atoms. The fraction of sp³-hybridized carbons (Fsp3) is 0.308. The van der Waals surface area contributed by atoms with Gasteiger partial charge in [-0.25, -0.2) is 0 Å². The number of alkyl halides is 1. The van der Waals surface area contributed by atoms with E-state index in [1.165, 1.54) is 10.9 Å². The summed E-state index contributed by atoms with van der Waals surface area (Å²) in [6.45, 7) is 1.78. The van der Waals surface area contributed by atoms with Crippen LogP contribution in [0.2, 0.25) is 0 Å². The maximum Gasteiger partial charge on any atom is 0.0746 e. The van der Waals surface area contributed by atoms with Crippen molar-refractivity contribution in [3.8, 4) is 0 Å². The van der Waals surface area contributed by atoms with Gasteiger partial charge in [0.05, 0.1) is 5.52 Å². The molecule has 2 rings (SSSR count). The van der Waals surface area contributed by atoms with E-state index in [0.717, 1.165) is 18.6 Å². The minimum absolute atomic E-state index is 0.661. The molecule has 84 valence electrons. The number of benzene rings is 1. The number of halogens is 1. The van der Waals surface area contributed by atoms with Gasteiger partial charge in [-0.3, -0.25) is 4.98 Å². The van der Waals surface area contributed by atoms with Crippen molar-refractivity contribution >= 4 is 22.5 Å². The van der Waals surface area contributed by atoms with Crippen molar-refractivity contribution < 1.29 is 0 Å². The van der Waals surface area contributed by atoms with Crippen molar-refractivity contribution in [3.63, 3.8) is 0 Å². The average molecular weight is 235 g/mol. The van der Waals surface area contributed by atoms with E-state index in [1.54, 1.807) is 0 Å². The number of hydrogen-bond donors (Lipinski definition) is 0. The van der Waals surface area contributed by atoms with Crippen LogP contribution in [-0.4, -0.2) is 29.4 Å². The summed E-state index contributed by atoms with van der Waals surface area (Å²) in [6, 6.07) is 10.4. The fourth-order valence-corrected chi connectivity index (χ4v) is 2.10. The molecule has 0 aliphatic heterocycles. The van der Waals surface area contributed by atoms with Crippen molar-refractivity contribution in [1.29, 1.82) is 0 Å². The summed E-state index contributed by atoms with van der Waals surface area (Å²) in [5.41, 5.74) is 2.34. The first-order valence-electron chi connectivity index (χ1n) is 5.38. The molecule has 0 unspecified atom stereocenters. The first-order chi connectivity index (χ1) is 7.81.